The van der Waals surface area contributed by atoms with Crippen molar-refractivity contribution in [3.63, 3.8) is 0 Å². The molecule has 1 aromatic heterocycles. The van der Waals surface area contributed by atoms with E-state index in [2.05, 4.69) is 9.97 Å². The van der Waals surface area contributed by atoms with Crippen molar-refractivity contribution in [3.05, 3.63) is 23.2 Å². The molecule has 1 aliphatic carbocycles. The molecule has 3 heteroatoms. The van der Waals surface area contributed by atoms with Crippen LogP contribution >= 0.6 is 11.6 Å². The fraction of sp³-hybridized carbons (Fsp3) is 0.600. The van der Waals surface area contributed by atoms with Crippen LogP contribution in [0.15, 0.2) is 12.4 Å². The van der Waals surface area contributed by atoms with Gasteiger partial charge in [0.1, 0.15) is 0 Å². The quantitative estimate of drug-likeness (QED) is 0.690. The molecule has 0 spiro atoms. The fourth-order valence-electron chi connectivity index (χ4n) is 1.98. The van der Waals surface area contributed by atoms with E-state index in [1.807, 2.05) is 0 Å². The minimum atomic E-state index is 0.551. The van der Waals surface area contributed by atoms with Gasteiger partial charge in [-0.3, -0.25) is 4.98 Å². The molecule has 1 aliphatic rings. The number of nitrogens with zero attached hydrogens (tertiary/aromatic N) is 2. The van der Waals surface area contributed by atoms with E-state index < -0.39 is 0 Å². The summed E-state index contributed by atoms with van der Waals surface area (Å²) in [4.78, 5) is 8.36. The Morgan fingerprint density at radius 1 is 1.08 bits per heavy atom. The first-order valence-corrected chi connectivity index (χ1v) is 5.22. The van der Waals surface area contributed by atoms with E-state index in [9.17, 15) is 0 Å². The highest BCUT2D eigenvalue weighted by atomic mass is 35.5. The van der Waals surface area contributed by atoms with Crippen LogP contribution in [0.3, 0.4) is 0 Å². The molecule has 0 bridgehead atoms. The molecule has 1 aromatic rings. The largest absolute Gasteiger partial charge is 0.256 e. The molecule has 0 N–H and O–H groups in total. The van der Waals surface area contributed by atoms with Crippen molar-refractivity contribution in [3.8, 4) is 0 Å². The predicted molar refractivity (Wildman–Crippen MR) is 52.9 cm³/mol. The van der Waals surface area contributed by atoms with Crippen LogP contribution in [-0.2, 0) is 0 Å². The third-order valence-corrected chi connectivity index (χ3v) is 2.96. The summed E-state index contributed by atoms with van der Waals surface area (Å²) >= 11 is 5.98. The summed E-state index contributed by atoms with van der Waals surface area (Å²) in [5.74, 6) is 0.551. The summed E-state index contributed by atoms with van der Waals surface area (Å²) in [5, 5.41) is 0.592. The maximum atomic E-state index is 5.98. The van der Waals surface area contributed by atoms with E-state index in [0.29, 0.717) is 11.1 Å². The van der Waals surface area contributed by atoms with E-state index in [4.69, 9.17) is 11.6 Å². The average molecular weight is 197 g/mol. The van der Waals surface area contributed by atoms with Crippen LogP contribution in [0.4, 0.5) is 0 Å². The van der Waals surface area contributed by atoms with Crippen LogP contribution in [-0.4, -0.2) is 9.97 Å². The Labute approximate surface area is 83.4 Å². The lowest BCUT2D eigenvalue weighted by atomic mass is 9.87. The van der Waals surface area contributed by atoms with Crippen molar-refractivity contribution in [2.24, 2.45) is 0 Å². The molecule has 70 valence electrons. The van der Waals surface area contributed by atoms with Gasteiger partial charge in [-0.1, -0.05) is 30.9 Å². The third-order valence-electron chi connectivity index (χ3n) is 2.67. The Bertz CT molecular complexity index is 282. The van der Waals surface area contributed by atoms with Crippen LogP contribution in [0.2, 0.25) is 5.15 Å². The SMILES string of the molecule is Clc1nccnc1C1CCCCC1. The Balaban J connectivity index is 2.18. The summed E-state index contributed by atoms with van der Waals surface area (Å²) in [6, 6.07) is 0. The lowest BCUT2D eigenvalue weighted by Gasteiger charge is -2.20. The highest BCUT2D eigenvalue weighted by Gasteiger charge is 2.19. The zero-order valence-electron chi connectivity index (χ0n) is 7.54. The second kappa shape index (κ2) is 4.05. The smallest absolute Gasteiger partial charge is 0.150 e. The van der Waals surface area contributed by atoms with Gasteiger partial charge < -0.3 is 0 Å². The van der Waals surface area contributed by atoms with Gasteiger partial charge in [0.25, 0.3) is 0 Å². The number of aromatic nitrogens is 2. The van der Waals surface area contributed by atoms with Crippen LogP contribution in [0.5, 0.6) is 0 Å². The lowest BCUT2D eigenvalue weighted by molar-refractivity contribution is 0.436. The molecular weight excluding hydrogens is 184 g/mol. The first-order chi connectivity index (χ1) is 6.38. The summed E-state index contributed by atoms with van der Waals surface area (Å²) in [6.45, 7) is 0. The van der Waals surface area contributed by atoms with Crippen molar-refractivity contribution in [2.45, 2.75) is 38.0 Å². The molecule has 1 fully saturated rings. The van der Waals surface area contributed by atoms with Gasteiger partial charge in [0.05, 0.1) is 5.69 Å². The van der Waals surface area contributed by atoms with E-state index >= 15 is 0 Å². The normalized spacial score (nSPS) is 18.8. The van der Waals surface area contributed by atoms with E-state index in [0.717, 1.165) is 5.69 Å². The first-order valence-electron chi connectivity index (χ1n) is 4.84. The van der Waals surface area contributed by atoms with Crippen molar-refractivity contribution in [2.75, 3.05) is 0 Å². The van der Waals surface area contributed by atoms with Crippen LogP contribution < -0.4 is 0 Å². The van der Waals surface area contributed by atoms with Gasteiger partial charge in [-0.2, -0.15) is 0 Å². The number of rotatable bonds is 1. The van der Waals surface area contributed by atoms with Crippen LogP contribution in [0, 0.1) is 0 Å². The molecule has 0 atom stereocenters. The molecule has 13 heavy (non-hydrogen) atoms. The summed E-state index contributed by atoms with van der Waals surface area (Å²) in [7, 11) is 0. The van der Waals surface area contributed by atoms with Gasteiger partial charge in [-0.25, -0.2) is 4.98 Å². The maximum Gasteiger partial charge on any atom is 0.150 e. The second-order valence-electron chi connectivity index (χ2n) is 3.57. The molecule has 0 aromatic carbocycles. The van der Waals surface area contributed by atoms with Gasteiger partial charge in [-0.05, 0) is 12.8 Å². The lowest BCUT2D eigenvalue weighted by Crippen LogP contribution is -2.07. The molecule has 0 radical (unpaired) electrons. The van der Waals surface area contributed by atoms with Gasteiger partial charge in [0.2, 0.25) is 0 Å². The fourth-order valence-corrected chi connectivity index (χ4v) is 2.24. The van der Waals surface area contributed by atoms with E-state index in [-0.39, 0.29) is 0 Å². The molecule has 0 saturated heterocycles. The molecule has 0 aliphatic heterocycles. The van der Waals surface area contributed by atoms with Gasteiger partial charge in [-0.15, -0.1) is 0 Å². The van der Waals surface area contributed by atoms with Crippen molar-refractivity contribution in [1.82, 2.24) is 9.97 Å². The summed E-state index contributed by atoms with van der Waals surface area (Å²) in [6.07, 6.45) is 9.78. The minimum Gasteiger partial charge on any atom is -0.256 e. The minimum absolute atomic E-state index is 0.551. The second-order valence-corrected chi connectivity index (χ2v) is 3.93. The van der Waals surface area contributed by atoms with Crippen LogP contribution in [0.25, 0.3) is 0 Å². The molecule has 1 saturated carbocycles. The Kier molecular flexibility index (Phi) is 2.79. The van der Waals surface area contributed by atoms with Gasteiger partial charge in [0, 0.05) is 18.3 Å². The molecule has 0 unspecified atom stereocenters. The topological polar surface area (TPSA) is 25.8 Å². The Morgan fingerprint density at radius 2 is 1.77 bits per heavy atom. The van der Waals surface area contributed by atoms with Gasteiger partial charge >= 0.3 is 0 Å². The predicted octanol–water partition coefficient (Wildman–Crippen LogP) is 3.18. The molecular formula is C10H13ClN2. The molecule has 2 rings (SSSR count). The highest BCUT2D eigenvalue weighted by molar-refractivity contribution is 6.30. The third kappa shape index (κ3) is 1.99. The van der Waals surface area contributed by atoms with Gasteiger partial charge in [0.15, 0.2) is 5.15 Å². The number of hydrogen-bond acceptors (Lipinski definition) is 2. The van der Waals surface area contributed by atoms with E-state index in [1.54, 1.807) is 12.4 Å². The van der Waals surface area contributed by atoms with Crippen molar-refractivity contribution >= 4 is 11.6 Å². The maximum absolute atomic E-state index is 5.98. The Morgan fingerprint density at radius 3 is 2.46 bits per heavy atom. The highest BCUT2D eigenvalue weighted by Crippen LogP contribution is 2.33. The van der Waals surface area contributed by atoms with E-state index in [1.165, 1.54) is 32.1 Å². The van der Waals surface area contributed by atoms with Crippen LogP contribution in [0.1, 0.15) is 43.7 Å². The molecule has 1 heterocycles. The summed E-state index contributed by atoms with van der Waals surface area (Å²) in [5.41, 5.74) is 1.00. The standard InChI is InChI=1S/C10H13ClN2/c11-10-9(12-6-7-13-10)8-4-2-1-3-5-8/h6-8H,1-5H2. The number of halogens is 1. The first kappa shape index (κ1) is 8.95. The van der Waals surface area contributed by atoms with Crippen molar-refractivity contribution < 1.29 is 0 Å². The monoisotopic (exact) mass is 196 g/mol. The summed E-state index contributed by atoms with van der Waals surface area (Å²) < 4.78 is 0. The zero-order chi connectivity index (χ0) is 9.10. The van der Waals surface area contributed by atoms with Crippen molar-refractivity contribution in [1.29, 1.82) is 0 Å². The molecule has 2 nitrogen and oxygen atoms in total. The number of hydrogen-bond donors (Lipinski definition) is 0. The average Bonchev–Trinajstić information content (AvgIpc) is 2.20. The molecule has 0 amide bonds. The Hall–Kier alpha value is -0.630. The zero-order valence-corrected chi connectivity index (χ0v) is 8.30.